The summed E-state index contributed by atoms with van der Waals surface area (Å²) >= 11 is 0. The summed E-state index contributed by atoms with van der Waals surface area (Å²) in [6, 6.07) is 0. The number of carbonyl (C=O) groups is 1. The molecule has 0 aromatic rings. The largest absolute Gasteiger partial charge is 0.481 e. The van der Waals surface area contributed by atoms with E-state index in [1.807, 2.05) is 18.2 Å². The second-order valence-corrected chi connectivity index (χ2v) is 5.54. The minimum atomic E-state index is -0.699. The van der Waals surface area contributed by atoms with Gasteiger partial charge in [-0.2, -0.15) is 0 Å². The Labute approximate surface area is 129 Å². The van der Waals surface area contributed by atoms with Crippen LogP contribution in [0.15, 0.2) is 24.3 Å². The van der Waals surface area contributed by atoms with Crippen molar-refractivity contribution in [3.63, 3.8) is 0 Å². The minimum Gasteiger partial charge on any atom is -0.481 e. The smallest absolute Gasteiger partial charge is 0.303 e. The summed E-state index contributed by atoms with van der Waals surface area (Å²) in [7, 11) is 0. The van der Waals surface area contributed by atoms with E-state index < -0.39 is 12.1 Å². The van der Waals surface area contributed by atoms with Crippen molar-refractivity contribution >= 4 is 5.97 Å². The molecule has 0 aliphatic rings. The number of carboxylic acids is 1. The fourth-order valence-electron chi connectivity index (χ4n) is 2.12. The van der Waals surface area contributed by atoms with Crippen LogP contribution in [-0.2, 0) is 4.79 Å². The van der Waals surface area contributed by atoms with Gasteiger partial charge in [0, 0.05) is 6.42 Å². The van der Waals surface area contributed by atoms with Gasteiger partial charge in [-0.1, -0.05) is 63.3 Å². The number of aliphatic carboxylic acids is 1. The normalized spacial score (nSPS) is 13.2. The van der Waals surface area contributed by atoms with Crippen molar-refractivity contribution in [1.29, 1.82) is 0 Å². The number of unbranched alkanes of at least 4 members (excludes halogenated alkanes) is 8. The lowest BCUT2D eigenvalue weighted by Gasteiger charge is -2.00. The third kappa shape index (κ3) is 16.9. The highest BCUT2D eigenvalue weighted by molar-refractivity contribution is 5.66. The first kappa shape index (κ1) is 19.9. The molecule has 0 rings (SSSR count). The molecule has 3 heteroatoms. The fraction of sp³-hybridized carbons (Fsp3) is 0.722. The van der Waals surface area contributed by atoms with Crippen molar-refractivity contribution in [3.8, 4) is 0 Å². The molecule has 1 atom stereocenters. The third-order valence-corrected chi connectivity index (χ3v) is 3.40. The van der Waals surface area contributed by atoms with Gasteiger partial charge in [-0.05, 0) is 32.1 Å². The molecule has 0 radical (unpaired) electrons. The summed E-state index contributed by atoms with van der Waals surface area (Å²) in [4.78, 5) is 10.3. The molecule has 0 saturated carbocycles. The zero-order chi connectivity index (χ0) is 15.8. The Bertz CT molecular complexity index is 295. The average molecular weight is 296 g/mol. The molecule has 122 valence electrons. The van der Waals surface area contributed by atoms with Crippen LogP contribution >= 0.6 is 0 Å². The second kappa shape index (κ2) is 15.3. The molecule has 3 nitrogen and oxygen atoms in total. The zero-order valence-corrected chi connectivity index (χ0v) is 13.5. The van der Waals surface area contributed by atoms with E-state index in [0.717, 1.165) is 44.9 Å². The van der Waals surface area contributed by atoms with Crippen molar-refractivity contribution in [1.82, 2.24) is 0 Å². The molecule has 0 spiro atoms. The molecule has 0 heterocycles. The molecule has 1 unspecified atom stereocenters. The molecule has 2 N–H and O–H groups in total. The van der Waals surface area contributed by atoms with E-state index in [2.05, 4.69) is 13.0 Å². The lowest BCUT2D eigenvalue weighted by Crippen LogP contribution is -1.95. The first-order valence-corrected chi connectivity index (χ1v) is 8.40. The van der Waals surface area contributed by atoms with Gasteiger partial charge in [0.25, 0.3) is 0 Å². The van der Waals surface area contributed by atoms with Crippen LogP contribution in [0.3, 0.4) is 0 Å². The van der Waals surface area contributed by atoms with Gasteiger partial charge in [0.2, 0.25) is 0 Å². The average Bonchev–Trinajstić information content (AvgIpc) is 2.45. The number of hydrogen-bond donors (Lipinski definition) is 2. The minimum absolute atomic E-state index is 0.288. The summed E-state index contributed by atoms with van der Waals surface area (Å²) in [6.45, 7) is 2.19. The maximum absolute atomic E-state index is 10.3. The molecule has 0 aromatic carbocycles. The zero-order valence-electron chi connectivity index (χ0n) is 13.5. The van der Waals surface area contributed by atoms with Gasteiger partial charge in [0.05, 0.1) is 6.10 Å². The van der Waals surface area contributed by atoms with Crippen LogP contribution in [0.2, 0.25) is 0 Å². The summed E-state index contributed by atoms with van der Waals surface area (Å²) in [5, 5.41) is 18.2. The standard InChI is InChI=1S/C18H32O3/c1-2-3-4-8-11-14-17(19)15-12-9-6-5-7-10-13-16-18(20)21/h11-12,14-15,17,19H,2-10,13,16H2,1H3,(H,20,21)/b14-11-,15-12-. The molecule has 0 aliphatic heterocycles. The van der Waals surface area contributed by atoms with E-state index >= 15 is 0 Å². The Hall–Kier alpha value is -1.09. The van der Waals surface area contributed by atoms with E-state index in [1.54, 1.807) is 0 Å². The predicted molar refractivity (Wildman–Crippen MR) is 88.4 cm³/mol. The summed E-state index contributed by atoms with van der Waals surface area (Å²) in [5.41, 5.74) is 0. The van der Waals surface area contributed by atoms with Gasteiger partial charge < -0.3 is 10.2 Å². The van der Waals surface area contributed by atoms with Crippen molar-refractivity contribution in [2.45, 2.75) is 83.7 Å². The highest BCUT2D eigenvalue weighted by atomic mass is 16.4. The second-order valence-electron chi connectivity index (χ2n) is 5.54. The Morgan fingerprint density at radius 3 is 2.00 bits per heavy atom. The van der Waals surface area contributed by atoms with Gasteiger partial charge in [-0.15, -0.1) is 0 Å². The van der Waals surface area contributed by atoms with Crippen LogP contribution in [0, 0.1) is 0 Å². The highest BCUT2D eigenvalue weighted by Gasteiger charge is 1.96. The summed E-state index contributed by atoms with van der Waals surface area (Å²) in [6.07, 6.45) is 18.5. The molecule has 0 saturated heterocycles. The van der Waals surface area contributed by atoms with Crippen molar-refractivity contribution in [2.24, 2.45) is 0 Å². The molecular weight excluding hydrogens is 264 g/mol. The first-order valence-electron chi connectivity index (χ1n) is 8.40. The number of carboxylic acid groups (broad SMARTS) is 1. The van der Waals surface area contributed by atoms with E-state index in [9.17, 15) is 9.90 Å². The number of allylic oxidation sites excluding steroid dienone is 2. The number of aliphatic hydroxyl groups is 1. The van der Waals surface area contributed by atoms with Crippen LogP contribution in [0.5, 0.6) is 0 Å². The quantitative estimate of drug-likeness (QED) is 0.355. The van der Waals surface area contributed by atoms with E-state index in [0.29, 0.717) is 0 Å². The number of aliphatic hydroxyl groups excluding tert-OH is 1. The first-order chi connectivity index (χ1) is 10.2. The Morgan fingerprint density at radius 2 is 1.43 bits per heavy atom. The van der Waals surface area contributed by atoms with Gasteiger partial charge >= 0.3 is 5.97 Å². The number of hydrogen-bond acceptors (Lipinski definition) is 2. The van der Waals surface area contributed by atoms with E-state index in [-0.39, 0.29) is 6.42 Å². The molecule has 0 bridgehead atoms. The lowest BCUT2D eigenvalue weighted by molar-refractivity contribution is -0.137. The monoisotopic (exact) mass is 296 g/mol. The SMILES string of the molecule is CCCCC/C=C\C(O)/C=C\CCCCCCCC(=O)O. The van der Waals surface area contributed by atoms with Gasteiger partial charge in [-0.3, -0.25) is 4.79 Å². The topological polar surface area (TPSA) is 57.5 Å². The van der Waals surface area contributed by atoms with Crippen LogP contribution in [0.4, 0.5) is 0 Å². The predicted octanol–water partition coefficient (Wildman–Crippen LogP) is 4.86. The molecule has 0 aliphatic carbocycles. The van der Waals surface area contributed by atoms with Gasteiger partial charge in [0.1, 0.15) is 0 Å². The van der Waals surface area contributed by atoms with Crippen molar-refractivity contribution < 1.29 is 15.0 Å². The van der Waals surface area contributed by atoms with Crippen molar-refractivity contribution in [2.75, 3.05) is 0 Å². The lowest BCUT2D eigenvalue weighted by atomic mass is 10.1. The van der Waals surface area contributed by atoms with E-state index in [4.69, 9.17) is 5.11 Å². The molecular formula is C18H32O3. The maximum atomic E-state index is 10.3. The molecule has 0 fully saturated rings. The summed E-state index contributed by atoms with van der Waals surface area (Å²) < 4.78 is 0. The van der Waals surface area contributed by atoms with Crippen LogP contribution in [0.25, 0.3) is 0 Å². The molecule has 0 amide bonds. The van der Waals surface area contributed by atoms with Gasteiger partial charge in [-0.25, -0.2) is 0 Å². The van der Waals surface area contributed by atoms with Crippen molar-refractivity contribution in [3.05, 3.63) is 24.3 Å². The Morgan fingerprint density at radius 1 is 0.905 bits per heavy atom. The van der Waals surface area contributed by atoms with E-state index in [1.165, 1.54) is 19.3 Å². The Kier molecular flexibility index (Phi) is 14.5. The highest BCUT2D eigenvalue weighted by Crippen LogP contribution is 2.08. The fourth-order valence-corrected chi connectivity index (χ4v) is 2.12. The van der Waals surface area contributed by atoms with Crippen LogP contribution in [0.1, 0.15) is 77.6 Å². The molecule has 21 heavy (non-hydrogen) atoms. The number of rotatable bonds is 14. The maximum Gasteiger partial charge on any atom is 0.303 e. The summed E-state index contributed by atoms with van der Waals surface area (Å²) in [5.74, 6) is -0.699. The third-order valence-electron chi connectivity index (χ3n) is 3.40. The van der Waals surface area contributed by atoms with Crippen LogP contribution in [-0.4, -0.2) is 22.3 Å². The molecule has 0 aromatic heterocycles. The Balaban J connectivity index is 3.39. The van der Waals surface area contributed by atoms with Crippen LogP contribution < -0.4 is 0 Å². The van der Waals surface area contributed by atoms with Gasteiger partial charge in [0.15, 0.2) is 0 Å².